The first-order chi connectivity index (χ1) is 26.9. The zero-order valence-corrected chi connectivity index (χ0v) is 32.2. The minimum Gasteiger partial charge on any atom is -0.479 e. The lowest BCUT2D eigenvalue weighted by atomic mass is 9.80. The number of carboxylic acid groups (broad SMARTS) is 2. The summed E-state index contributed by atoms with van der Waals surface area (Å²) in [5.74, 6) is -3.18. The average Bonchev–Trinajstić information content (AvgIpc) is 3.83. The van der Waals surface area contributed by atoms with Crippen LogP contribution >= 0.6 is 0 Å². The summed E-state index contributed by atoms with van der Waals surface area (Å²) >= 11 is 0. The molecule has 4 heterocycles. The van der Waals surface area contributed by atoms with Gasteiger partial charge in [-0.3, -0.25) is 9.59 Å². The van der Waals surface area contributed by atoms with Crippen LogP contribution in [0.4, 0.5) is 0 Å². The van der Waals surface area contributed by atoms with Gasteiger partial charge in [0.15, 0.2) is 12.2 Å². The maximum Gasteiger partial charge on any atom is 0.335 e. The van der Waals surface area contributed by atoms with Crippen LogP contribution in [0.15, 0.2) is 60.9 Å². The van der Waals surface area contributed by atoms with Crippen molar-refractivity contribution in [1.82, 2.24) is 30.4 Å². The largest absolute Gasteiger partial charge is 0.479 e. The molecular weight excluding hydrogens is 716 g/mol. The van der Waals surface area contributed by atoms with Gasteiger partial charge in [-0.1, -0.05) is 36.4 Å². The average molecular weight is 769 g/mol. The van der Waals surface area contributed by atoms with E-state index in [2.05, 4.69) is 81.5 Å². The molecule has 2 amide bonds. The lowest BCUT2D eigenvalue weighted by Crippen LogP contribution is -2.46. The molecule has 4 aliphatic rings. The second-order valence-electron chi connectivity index (χ2n) is 14.5. The Hall–Kier alpha value is -5.28. The Labute approximate surface area is 325 Å². The molecule has 4 aromatic rings. The van der Waals surface area contributed by atoms with Crippen LogP contribution in [0, 0.1) is 11.8 Å². The van der Waals surface area contributed by atoms with Crippen molar-refractivity contribution in [2.24, 2.45) is 11.8 Å². The Morgan fingerprint density at radius 3 is 1.36 bits per heavy atom. The highest BCUT2D eigenvalue weighted by atomic mass is 16.4. The summed E-state index contributed by atoms with van der Waals surface area (Å²) in [5.41, 5.74) is 10.3. The molecule has 2 unspecified atom stereocenters. The highest BCUT2D eigenvalue weighted by Crippen LogP contribution is 2.40. The van der Waals surface area contributed by atoms with Gasteiger partial charge in [-0.25, -0.2) is 9.59 Å². The van der Waals surface area contributed by atoms with Crippen molar-refractivity contribution in [1.29, 1.82) is 0 Å². The molecule has 0 saturated heterocycles. The quantitative estimate of drug-likeness (QED) is 0.125. The Bertz CT molecular complexity index is 2010. The summed E-state index contributed by atoms with van der Waals surface area (Å²) in [5, 5.41) is 42.4. The molecule has 2 aliphatic carbocycles. The molecule has 298 valence electrons. The molecule has 6 atom stereocenters. The van der Waals surface area contributed by atoms with E-state index in [-0.39, 0.29) is 23.7 Å². The first kappa shape index (κ1) is 40.4. The highest BCUT2D eigenvalue weighted by Gasteiger charge is 2.35. The Morgan fingerprint density at radius 1 is 0.643 bits per heavy atom. The van der Waals surface area contributed by atoms with Gasteiger partial charge in [0.05, 0.1) is 11.8 Å². The molecule has 8 rings (SSSR count). The monoisotopic (exact) mass is 768 g/mol. The summed E-state index contributed by atoms with van der Waals surface area (Å²) in [6.45, 7) is 12.7. The van der Waals surface area contributed by atoms with Gasteiger partial charge in [-0.15, -0.1) is 0 Å². The third-order valence-electron chi connectivity index (χ3n) is 11.3. The number of carbonyl (C=O) groups is 4. The summed E-state index contributed by atoms with van der Waals surface area (Å²) in [7, 11) is 0. The van der Waals surface area contributed by atoms with Crippen LogP contribution < -0.4 is 10.6 Å². The minimum absolute atomic E-state index is 0.0584. The predicted octanol–water partition coefficient (Wildman–Crippen LogP) is 3.01. The minimum atomic E-state index is -2.27. The number of hydrogen-bond donors (Lipinski definition) is 8. The van der Waals surface area contributed by atoms with Gasteiger partial charge < -0.3 is 50.8 Å². The number of hydrogen-bond acceptors (Lipinski definition) is 8. The number of aromatic nitrogens is 2. The first-order valence-electron chi connectivity index (χ1n) is 19.4. The third kappa shape index (κ3) is 7.87. The van der Waals surface area contributed by atoms with Crippen LogP contribution in [0.25, 0.3) is 33.0 Å². The molecule has 8 N–H and O–H groups in total. The van der Waals surface area contributed by atoms with Gasteiger partial charge in [0, 0.05) is 85.6 Å². The third-order valence-corrected chi connectivity index (χ3v) is 11.3. The Balaban J connectivity index is 0.000000154. The number of benzene rings is 2. The molecule has 2 aromatic heterocycles. The van der Waals surface area contributed by atoms with E-state index >= 15 is 0 Å². The smallest absolute Gasteiger partial charge is 0.335 e. The number of amides is 2. The van der Waals surface area contributed by atoms with E-state index in [0.29, 0.717) is 12.1 Å². The van der Waals surface area contributed by atoms with Crippen molar-refractivity contribution >= 4 is 56.7 Å². The van der Waals surface area contributed by atoms with E-state index in [1.807, 2.05) is 37.5 Å². The van der Waals surface area contributed by atoms with Crippen LogP contribution in [-0.2, 0) is 32.0 Å². The van der Waals surface area contributed by atoms with E-state index in [1.54, 1.807) is 0 Å². The number of aliphatic carboxylic acids is 2. The van der Waals surface area contributed by atoms with Crippen LogP contribution in [-0.4, -0.2) is 128 Å². The number of aromatic amines is 2. The molecule has 2 aliphatic heterocycles. The molecule has 2 aromatic carbocycles. The number of rotatable bonds is 9. The molecule has 0 saturated carbocycles. The van der Waals surface area contributed by atoms with Crippen molar-refractivity contribution in [3.63, 3.8) is 0 Å². The fourth-order valence-electron chi connectivity index (χ4n) is 8.34. The molecule has 0 fully saturated rings. The van der Waals surface area contributed by atoms with Crippen molar-refractivity contribution in [3.05, 3.63) is 83.2 Å². The Morgan fingerprint density at radius 2 is 1.02 bits per heavy atom. The second-order valence-corrected chi connectivity index (χ2v) is 14.5. The zero-order valence-electron chi connectivity index (χ0n) is 32.2. The number of fused-ring (bicyclic) bond motifs is 4. The van der Waals surface area contributed by atoms with Gasteiger partial charge in [0.2, 0.25) is 11.8 Å². The van der Waals surface area contributed by atoms with Gasteiger partial charge in [-0.2, -0.15) is 0 Å². The number of aliphatic hydroxyl groups is 2. The molecule has 56 heavy (non-hydrogen) atoms. The number of nitrogens with one attached hydrogen (secondary N) is 4. The van der Waals surface area contributed by atoms with Gasteiger partial charge >= 0.3 is 11.9 Å². The molecule has 0 bridgehead atoms. The fraction of sp³-hybridized carbons (Fsp3) is 0.429. The van der Waals surface area contributed by atoms with E-state index in [9.17, 15) is 19.2 Å². The van der Waals surface area contributed by atoms with E-state index in [1.165, 1.54) is 55.2 Å². The van der Waals surface area contributed by atoms with Crippen molar-refractivity contribution in [3.8, 4) is 0 Å². The van der Waals surface area contributed by atoms with Gasteiger partial charge in [0.25, 0.3) is 0 Å². The van der Waals surface area contributed by atoms with Crippen LogP contribution in [0.3, 0.4) is 0 Å². The zero-order chi connectivity index (χ0) is 40.3. The number of carboxylic acids is 2. The molecule has 0 radical (unpaired) electrons. The number of aliphatic hydroxyl groups excluding tert-OH is 2. The lowest BCUT2D eigenvalue weighted by Gasteiger charge is -2.34. The standard InChI is InChI=1S/2C19H23N3O.C4H6O6/c2*1-3-22(4-2)19(23)13-8-15-14-6-5-7-16-18(14)12(10-20-16)9-17(15)21-11-13;5-1(3(7)8)2(6)4(9)10/h2*5-8,10,13,17,20-21H,3-4,9,11H2,1-2H3;1-2,5-6H,(H,7,8)(H,9,10)/t2*13-,17-;/m11./s1. The maximum absolute atomic E-state index is 12.7. The second kappa shape index (κ2) is 17.2. The fourth-order valence-corrected chi connectivity index (χ4v) is 8.34. The van der Waals surface area contributed by atoms with Crippen molar-refractivity contribution < 1.29 is 39.6 Å². The maximum atomic E-state index is 12.7. The van der Waals surface area contributed by atoms with Gasteiger partial charge in [0.1, 0.15) is 0 Å². The van der Waals surface area contributed by atoms with Crippen molar-refractivity contribution in [2.75, 3.05) is 39.3 Å². The van der Waals surface area contributed by atoms with Crippen LogP contribution in [0.5, 0.6) is 0 Å². The summed E-state index contributed by atoms with van der Waals surface area (Å²) in [6.07, 6.45) is 6.14. The number of carbonyl (C=O) groups excluding carboxylic acids is 2. The summed E-state index contributed by atoms with van der Waals surface area (Å²) in [6, 6.07) is 13.5. The molecule has 14 nitrogen and oxygen atoms in total. The topological polar surface area (TPSA) is 211 Å². The number of H-pyrrole nitrogens is 2. The number of nitrogens with zero attached hydrogens (tertiary/aromatic N) is 2. The van der Waals surface area contributed by atoms with E-state index in [4.69, 9.17) is 20.4 Å². The molecule has 0 spiro atoms. The highest BCUT2D eigenvalue weighted by molar-refractivity contribution is 6.00. The van der Waals surface area contributed by atoms with E-state index < -0.39 is 24.1 Å². The van der Waals surface area contributed by atoms with Gasteiger partial charge in [-0.05, 0) is 86.1 Å². The lowest BCUT2D eigenvalue weighted by molar-refractivity contribution is -0.165. The summed E-state index contributed by atoms with van der Waals surface area (Å²) in [4.78, 5) is 55.6. The van der Waals surface area contributed by atoms with Crippen LogP contribution in [0.2, 0.25) is 0 Å². The van der Waals surface area contributed by atoms with Crippen molar-refractivity contribution in [2.45, 2.75) is 64.8 Å². The Kier molecular flexibility index (Phi) is 12.4. The SMILES string of the molecule is CCN(CC)C(=O)[C@@H]1C=C2c3cccc4[nH]cc(c34)C[C@H]2NC1.CCN(CC)C(=O)[C@@H]1C=C2c3cccc4[nH]cc(c34)C[C@H]2NC1.O=C(O)C(O)C(O)C(=O)O. The summed E-state index contributed by atoms with van der Waals surface area (Å²) < 4.78 is 0. The van der Waals surface area contributed by atoms with E-state index in [0.717, 1.165) is 52.1 Å². The normalized spacial score (nSPS) is 21.4. The predicted molar refractivity (Wildman–Crippen MR) is 214 cm³/mol. The van der Waals surface area contributed by atoms with Crippen LogP contribution in [0.1, 0.15) is 49.9 Å². The molecular formula is C42H52N6O8. The first-order valence-corrected chi connectivity index (χ1v) is 19.4. The molecule has 14 heteroatoms.